The predicted octanol–water partition coefficient (Wildman–Crippen LogP) is 2.54. The first kappa shape index (κ1) is 17.8. The van der Waals surface area contributed by atoms with E-state index in [0.717, 1.165) is 12.8 Å². The molecule has 2 rings (SSSR count). The maximum Gasteiger partial charge on any atom is 0.273 e. The van der Waals surface area contributed by atoms with Crippen molar-refractivity contribution in [2.45, 2.75) is 45.7 Å². The highest BCUT2D eigenvalue weighted by atomic mass is 32.2. The Morgan fingerprint density at radius 3 is 2.78 bits per heavy atom. The number of carbonyl (C=O) groups is 2. The number of rotatable bonds is 6. The molecule has 1 aliphatic heterocycles. The van der Waals surface area contributed by atoms with E-state index in [2.05, 4.69) is 24.1 Å². The highest BCUT2D eigenvalue weighted by Crippen LogP contribution is 2.23. The number of nitrogens with one attached hydrogen (secondary N) is 1. The molecular weight excluding hydrogens is 310 g/mol. The van der Waals surface area contributed by atoms with Crippen LogP contribution in [0.3, 0.4) is 0 Å². The summed E-state index contributed by atoms with van der Waals surface area (Å²) in [6, 6.07) is 4.96. The van der Waals surface area contributed by atoms with E-state index in [9.17, 15) is 9.59 Å². The number of pyridine rings is 1. The van der Waals surface area contributed by atoms with Crippen molar-refractivity contribution < 1.29 is 9.59 Å². The molecule has 23 heavy (non-hydrogen) atoms. The quantitative estimate of drug-likeness (QED) is 0.868. The molecule has 0 unspecified atom stereocenters. The van der Waals surface area contributed by atoms with Gasteiger partial charge in [-0.15, -0.1) is 11.8 Å². The lowest BCUT2D eigenvalue weighted by Gasteiger charge is -2.24. The van der Waals surface area contributed by atoms with Gasteiger partial charge >= 0.3 is 0 Å². The van der Waals surface area contributed by atoms with Crippen molar-refractivity contribution in [3.8, 4) is 0 Å². The van der Waals surface area contributed by atoms with Crippen LogP contribution < -0.4 is 5.32 Å². The maximum absolute atomic E-state index is 12.5. The summed E-state index contributed by atoms with van der Waals surface area (Å²) < 4.78 is 0. The minimum Gasteiger partial charge on any atom is -0.352 e. The number of amides is 2. The lowest BCUT2D eigenvalue weighted by atomic mass is 10.0. The van der Waals surface area contributed by atoms with Gasteiger partial charge in [-0.1, -0.05) is 19.9 Å². The molecule has 1 saturated heterocycles. The minimum atomic E-state index is -0.406. The van der Waals surface area contributed by atoms with Gasteiger partial charge in [0.05, 0.1) is 5.88 Å². The fourth-order valence-electron chi connectivity index (χ4n) is 2.49. The second kappa shape index (κ2) is 8.34. The van der Waals surface area contributed by atoms with Crippen molar-refractivity contribution in [2.24, 2.45) is 5.92 Å². The summed E-state index contributed by atoms with van der Waals surface area (Å²) in [6.07, 6.45) is 3.63. The minimum absolute atomic E-state index is 0.0597. The Balaban J connectivity index is 1.95. The van der Waals surface area contributed by atoms with Gasteiger partial charge < -0.3 is 10.2 Å². The molecule has 6 heteroatoms. The second-order valence-corrected chi connectivity index (χ2v) is 7.39. The normalized spacial score (nSPS) is 19.0. The number of aromatic nitrogens is 1. The van der Waals surface area contributed by atoms with Crippen molar-refractivity contribution in [1.82, 2.24) is 15.2 Å². The molecule has 1 aliphatic rings. The zero-order valence-corrected chi connectivity index (χ0v) is 14.8. The summed E-state index contributed by atoms with van der Waals surface area (Å²) in [7, 11) is 0. The van der Waals surface area contributed by atoms with E-state index < -0.39 is 6.04 Å². The standard InChI is InChI=1S/C17H25N3O2S/c1-12(2)7-8-13(3)19-16(21)15-10-23-11-20(15)17(22)14-6-4-5-9-18-14/h4-6,9,12-13,15H,7-8,10-11H2,1-3H3,(H,19,21)/t13-,15-/m0/s1. The molecule has 126 valence electrons. The number of nitrogens with zero attached hydrogens (tertiary/aromatic N) is 2. The van der Waals surface area contributed by atoms with E-state index in [1.54, 1.807) is 41.1 Å². The fraction of sp³-hybridized carbons (Fsp3) is 0.588. The summed E-state index contributed by atoms with van der Waals surface area (Å²) in [5, 5.41) is 3.05. The first-order chi connectivity index (χ1) is 11.0. The maximum atomic E-state index is 12.5. The number of carbonyl (C=O) groups excluding carboxylic acids is 2. The SMILES string of the molecule is CC(C)CC[C@H](C)NC(=O)[C@@H]1CSCN1C(=O)c1ccccn1. The average molecular weight is 335 g/mol. The Hall–Kier alpha value is -1.56. The highest BCUT2D eigenvalue weighted by molar-refractivity contribution is 7.99. The van der Waals surface area contributed by atoms with E-state index in [1.807, 2.05) is 6.92 Å². The van der Waals surface area contributed by atoms with Gasteiger partial charge in [0.2, 0.25) is 5.91 Å². The zero-order chi connectivity index (χ0) is 16.8. The predicted molar refractivity (Wildman–Crippen MR) is 93.2 cm³/mol. The van der Waals surface area contributed by atoms with Gasteiger partial charge in [-0.05, 0) is 37.8 Å². The van der Waals surface area contributed by atoms with E-state index in [4.69, 9.17) is 0 Å². The lowest BCUT2D eigenvalue weighted by Crippen LogP contribution is -2.49. The van der Waals surface area contributed by atoms with Crippen LogP contribution in [0, 0.1) is 5.92 Å². The molecule has 0 saturated carbocycles. The molecule has 1 aromatic rings. The van der Waals surface area contributed by atoms with E-state index in [-0.39, 0.29) is 17.9 Å². The summed E-state index contributed by atoms with van der Waals surface area (Å²) >= 11 is 1.60. The monoisotopic (exact) mass is 335 g/mol. The van der Waals surface area contributed by atoms with Crippen LogP contribution in [-0.2, 0) is 4.79 Å². The third kappa shape index (κ3) is 4.96. The van der Waals surface area contributed by atoms with Crippen molar-refractivity contribution >= 4 is 23.6 Å². The molecule has 0 radical (unpaired) electrons. The van der Waals surface area contributed by atoms with Crippen LogP contribution >= 0.6 is 11.8 Å². The Kier molecular flexibility index (Phi) is 6.45. The molecular formula is C17H25N3O2S. The Morgan fingerprint density at radius 1 is 1.35 bits per heavy atom. The van der Waals surface area contributed by atoms with Crippen LogP contribution in [0.4, 0.5) is 0 Å². The van der Waals surface area contributed by atoms with Crippen LogP contribution in [-0.4, -0.2) is 45.4 Å². The van der Waals surface area contributed by atoms with Crippen LogP contribution in [0.5, 0.6) is 0 Å². The lowest BCUT2D eigenvalue weighted by molar-refractivity contribution is -0.125. The van der Waals surface area contributed by atoms with Crippen molar-refractivity contribution in [3.05, 3.63) is 30.1 Å². The van der Waals surface area contributed by atoms with Crippen LogP contribution in [0.1, 0.15) is 44.1 Å². The zero-order valence-electron chi connectivity index (χ0n) is 14.0. The highest BCUT2D eigenvalue weighted by Gasteiger charge is 2.35. The molecule has 1 fully saturated rings. The van der Waals surface area contributed by atoms with Gasteiger partial charge in [0.1, 0.15) is 11.7 Å². The van der Waals surface area contributed by atoms with Crippen molar-refractivity contribution in [2.75, 3.05) is 11.6 Å². The summed E-state index contributed by atoms with van der Waals surface area (Å²) in [6.45, 7) is 6.37. The Morgan fingerprint density at radius 2 is 2.13 bits per heavy atom. The molecule has 2 amide bonds. The molecule has 0 aliphatic carbocycles. The van der Waals surface area contributed by atoms with Gasteiger partial charge in [0.25, 0.3) is 5.91 Å². The third-order valence-corrected chi connectivity index (χ3v) is 4.91. The first-order valence-corrected chi connectivity index (χ1v) is 9.24. The smallest absolute Gasteiger partial charge is 0.273 e. The number of thioether (sulfide) groups is 1. The summed E-state index contributed by atoms with van der Waals surface area (Å²) in [4.78, 5) is 30.8. The topological polar surface area (TPSA) is 62.3 Å². The summed E-state index contributed by atoms with van der Waals surface area (Å²) in [5.74, 6) is 1.56. The molecule has 2 atom stereocenters. The Labute approximate surface area is 142 Å². The second-order valence-electron chi connectivity index (χ2n) is 6.39. The molecule has 2 heterocycles. The van der Waals surface area contributed by atoms with Gasteiger partial charge in [0.15, 0.2) is 0 Å². The van der Waals surface area contributed by atoms with Crippen LogP contribution in [0.25, 0.3) is 0 Å². The van der Waals surface area contributed by atoms with E-state index in [0.29, 0.717) is 23.2 Å². The number of hydrogen-bond acceptors (Lipinski definition) is 4. The third-order valence-electron chi connectivity index (χ3n) is 3.90. The van der Waals surface area contributed by atoms with Gasteiger partial charge in [-0.2, -0.15) is 0 Å². The van der Waals surface area contributed by atoms with E-state index >= 15 is 0 Å². The first-order valence-electron chi connectivity index (χ1n) is 8.09. The van der Waals surface area contributed by atoms with Crippen molar-refractivity contribution in [1.29, 1.82) is 0 Å². The molecule has 5 nitrogen and oxygen atoms in total. The largest absolute Gasteiger partial charge is 0.352 e. The molecule has 0 bridgehead atoms. The number of hydrogen-bond donors (Lipinski definition) is 1. The van der Waals surface area contributed by atoms with Crippen molar-refractivity contribution in [3.63, 3.8) is 0 Å². The van der Waals surface area contributed by atoms with Gasteiger partial charge in [-0.25, -0.2) is 0 Å². The Bertz CT molecular complexity index is 536. The molecule has 0 aromatic carbocycles. The van der Waals surface area contributed by atoms with Gasteiger partial charge in [-0.3, -0.25) is 14.6 Å². The summed E-state index contributed by atoms with van der Waals surface area (Å²) in [5.41, 5.74) is 0.389. The van der Waals surface area contributed by atoms with Crippen LogP contribution in [0.15, 0.2) is 24.4 Å². The molecule has 1 aromatic heterocycles. The average Bonchev–Trinajstić information content (AvgIpc) is 3.02. The van der Waals surface area contributed by atoms with Gasteiger partial charge in [0, 0.05) is 18.0 Å². The van der Waals surface area contributed by atoms with E-state index in [1.165, 1.54) is 0 Å². The molecule has 1 N–H and O–H groups in total. The van der Waals surface area contributed by atoms with Crippen LogP contribution in [0.2, 0.25) is 0 Å². The molecule has 0 spiro atoms. The fourth-order valence-corrected chi connectivity index (χ4v) is 3.64.